The Hall–Kier alpha value is -2.70. The quantitative estimate of drug-likeness (QED) is 0.678. The first-order chi connectivity index (χ1) is 12.4. The van der Waals surface area contributed by atoms with E-state index in [1.165, 1.54) is 19.2 Å². The molecule has 1 N–H and O–H groups in total. The zero-order valence-electron chi connectivity index (χ0n) is 13.6. The van der Waals surface area contributed by atoms with Crippen molar-refractivity contribution < 1.29 is 14.3 Å². The van der Waals surface area contributed by atoms with Gasteiger partial charge >= 0.3 is 5.97 Å². The molecule has 0 saturated heterocycles. The van der Waals surface area contributed by atoms with Gasteiger partial charge in [0.15, 0.2) is 11.9 Å². The summed E-state index contributed by atoms with van der Waals surface area (Å²) in [5, 5.41) is 3.91. The van der Waals surface area contributed by atoms with E-state index in [1.807, 2.05) is 18.2 Å². The van der Waals surface area contributed by atoms with E-state index in [4.69, 9.17) is 27.9 Å². The molecule has 0 saturated carbocycles. The first-order valence-corrected chi connectivity index (χ1v) is 8.38. The standard InChI is InChI=1S/C18H13Cl2N3O3/c1-10(17(24)23-16-13(20)8-12(19)9-21-16)26-18(25)15-7-6-11-4-2-3-5-14(11)22-15/h2-10H,1H3,(H,21,23,24). The zero-order chi connectivity index (χ0) is 18.7. The molecule has 8 heteroatoms. The molecule has 0 aliphatic carbocycles. The highest BCUT2D eigenvalue weighted by atomic mass is 35.5. The number of hydrogen-bond acceptors (Lipinski definition) is 5. The van der Waals surface area contributed by atoms with Crippen molar-refractivity contribution in [1.29, 1.82) is 0 Å². The molecule has 0 spiro atoms. The van der Waals surface area contributed by atoms with E-state index in [0.29, 0.717) is 10.5 Å². The molecular formula is C18H13Cl2N3O3. The highest BCUT2D eigenvalue weighted by molar-refractivity contribution is 6.36. The maximum atomic E-state index is 12.2. The van der Waals surface area contributed by atoms with Gasteiger partial charge in [-0.1, -0.05) is 47.5 Å². The molecule has 3 rings (SSSR count). The number of para-hydroxylation sites is 1. The average Bonchev–Trinajstić information content (AvgIpc) is 2.63. The van der Waals surface area contributed by atoms with Gasteiger partial charge in [0.25, 0.3) is 5.91 Å². The van der Waals surface area contributed by atoms with Gasteiger partial charge in [0.05, 0.1) is 15.6 Å². The monoisotopic (exact) mass is 389 g/mol. The van der Waals surface area contributed by atoms with Crippen LogP contribution < -0.4 is 5.32 Å². The van der Waals surface area contributed by atoms with Crippen molar-refractivity contribution in [2.24, 2.45) is 0 Å². The molecule has 1 aromatic carbocycles. The Kier molecular flexibility index (Phi) is 5.35. The van der Waals surface area contributed by atoms with Gasteiger partial charge in [0.2, 0.25) is 0 Å². The van der Waals surface area contributed by atoms with Gasteiger partial charge in [-0.25, -0.2) is 14.8 Å². The van der Waals surface area contributed by atoms with Gasteiger partial charge in [0.1, 0.15) is 5.69 Å². The van der Waals surface area contributed by atoms with E-state index in [9.17, 15) is 9.59 Å². The number of aromatic nitrogens is 2. The third-order valence-corrected chi connectivity index (χ3v) is 4.00. The fraction of sp³-hybridized carbons (Fsp3) is 0.111. The summed E-state index contributed by atoms with van der Waals surface area (Å²) in [4.78, 5) is 32.6. The lowest BCUT2D eigenvalue weighted by molar-refractivity contribution is -0.123. The molecule has 1 unspecified atom stereocenters. The van der Waals surface area contributed by atoms with Crippen LogP contribution in [0.3, 0.4) is 0 Å². The summed E-state index contributed by atoms with van der Waals surface area (Å²) < 4.78 is 5.17. The molecule has 132 valence electrons. The maximum Gasteiger partial charge on any atom is 0.357 e. The molecule has 0 aliphatic heterocycles. The molecule has 26 heavy (non-hydrogen) atoms. The highest BCUT2D eigenvalue weighted by Crippen LogP contribution is 2.22. The van der Waals surface area contributed by atoms with Crippen LogP contribution >= 0.6 is 23.2 Å². The van der Waals surface area contributed by atoms with Gasteiger partial charge in [0, 0.05) is 11.6 Å². The van der Waals surface area contributed by atoms with Crippen molar-refractivity contribution in [3.63, 3.8) is 0 Å². The van der Waals surface area contributed by atoms with Gasteiger partial charge in [-0.2, -0.15) is 0 Å². The third-order valence-electron chi connectivity index (χ3n) is 3.51. The topological polar surface area (TPSA) is 81.2 Å². The van der Waals surface area contributed by atoms with E-state index in [0.717, 1.165) is 5.39 Å². The molecule has 0 aliphatic rings. The van der Waals surface area contributed by atoms with Gasteiger partial charge in [-0.15, -0.1) is 0 Å². The minimum atomic E-state index is -1.07. The predicted molar refractivity (Wildman–Crippen MR) is 99.5 cm³/mol. The lowest BCUT2D eigenvalue weighted by Crippen LogP contribution is -2.30. The van der Waals surface area contributed by atoms with E-state index >= 15 is 0 Å². The van der Waals surface area contributed by atoms with Gasteiger partial charge in [-0.05, 0) is 25.1 Å². The first kappa shape index (κ1) is 18.1. The normalized spacial score (nSPS) is 11.8. The van der Waals surface area contributed by atoms with E-state index in [-0.39, 0.29) is 16.5 Å². The number of carbonyl (C=O) groups excluding carboxylic acids is 2. The second-order valence-corrected chi connectivity index (χ2v) is 6.25. The van der Waals surface area contributed by atoms with Crippen LogP contribution in [0.25, 0.3) is 10.9 Å². The lowest BCUT2D eigenvalue weighted by Gasteiger charge is -2.13. The molecule has 3 aromatic rings. The van der Waals surface area contributed by atoms with Crippen molar-refractivity contribution in [1.82, 2.24) is 9.97 Å². The summed E-state index contributed by atoms with van der Waals surface area (Å²) in [6.45, 7) is 1.44. The number of ether oxygens (including phenoxy) is 1. The average molecular weight is 390 g/mol. The second kappa shape index (κ2) is 7.68. The molecule has 2 heterocycles. The smallest absolute Gasteiger partial charge is 0.357 e. The Morgan fingerprint density at radius 3 is 2.69 bits per heavy atom. The van der Waals surface area contributed by atoms with Gasteiger partial charge < -0.3 is 10.1 Å². The molecule has 0 fully saturated rings. The van der Waals surface area contributed by atoms with Crippen molar-refractivity contribution >= 4 is 51.8 Å². The van der Waals surface area contributed by atoms with Crippen LogP contribution in [0.2, 0.25) is 10.0 Å². The number of esters is 1. The van der Waals surface area contributed by atoms with Crippen molar-refractivity contribution in [2.75, 3.05) is 5.32 Å². The summed E-state index contributed by atoms with van der Waals surface area (Å²) in [5.41, 5.74) is 0.780. The molecule has 6 nitrogen and oxygen atoms in total. The number of nitrogens with one attached hydrogen (secondary N) is 1. The minimum Gasteiger partial charge on any atom is -0.448 e. The minimum absolute atomic E-state index is 0.117. The van der Waals surface area contributed by atoms with Gasteiger partial charge in [-0.3, -0.25) is 4.79 Å². The predicted octanol–water partition coefficient (Wildman–Crippen LogP) is 4.12. The van der Waals surface area contributed by atoms with Crippen molar-refractivity contribution in [2.45, 2.75) is 13.0 Å². The van der Waals surface area contributed by atoms with Crippen LogP contribution in [0.4, 0.5) is 5.82 Å². The Morgan fingerprint density at radius 1 is 1.15 bits per heavy atom. The Bertz CT molecular complexity index is 994. The van der Waals surface area contributed by atoms with Crippen LogP contribution in [-0.2, 0) is 9.53 Å². The SMILES string of the molecule is CC(OC(=O)c1ccc2ccccc2n1)C(=O)Nc1ncc(Cl)cc1Cl. The number of nitrogens with zero attached hydrogens (tertiary/aromatic N) is 2. The number of fused-ring (bicyclic) bond motifs is 1. The van der Waals surface area contributed by atoms with Crippen LogP contribution in [0.1, 0.15) is 17.4 Å². The molecule has 0 radical (unpaired) electrons. The van der Waals surface area contributed by atoms with Crippen LogP contribution in [0.15, 0.2) is 48.7 Å². The fourth-order valence-electron chi connectivity index (χ4n) is 2.18. The zero-order valence-corrected chi connectivity index (χ0v) is 15.1. The van der Waals surface area contributed by atoms with Crippen LogP contribution in [0.5, 0.6) is 0 Å². The fourth-order valence-corrected chi connectivity index (χ4v) is 2.61. The maximum absolute atomic E-state index is 12.2. The summed E-state index contributed by atoms with van der Waals surface area (Å²) in [6.07, 6.45) is 0.281. The Balaban J connectivity index is 1.68. The van der Waals surface area contributed by atoms with E-state index in [1.54, 1.807) is 18.2 Å². The van der Waals surface area contributed by atoms with Crippen molar-refractivity contribution in [3.8, 4) is 0 Å². The summed E-state index contributed by atoms with van der Waals surface area (Å²) in [6, 6.07) is 12.1. The Labute approximate surface area is 159 Å². The molecule has 1 atom stereocenters. The number of rotatable bonds is 4. The first-order valence-electron chi connectivity index (χ1n) is 7.63. The number of anilines is 1. The Morgan fingerprint density at radius 2 is 1.92 bits per heavy atom. The lowest BCUT2D eigenvalue weighted by atomic mass is 10.2. The van der Waals surface area contributed by atoms with E-state index in [2.05, 4.69) is 15.3 Å². The molecule has 2 aromatic heterocycles. The van der Waals surface area contributed by atoms with Crippen LogP contribution in [-0.4, -0.2) is 27.9 Å². The van der Waals surface area contributed by atoms with Crippen LogP contribution in [0, 0.1) is 0 Å². The summed E-state index contributed by atoms with van der Waals surface area (Å²) >= 11 is 11.7. The largest absolute Gasteiger partial charge is 0.448 e. The summed E-state index contributed by atoms with van der Waals surface area (Å²) in [5.74, 6) is -1.14. The molecule has 1 amide bonds. The second-order valence-electron chi connectivity index (χ2n) is 5.41. The number of carbonyl (C=O) groups is 2. The van der Waals surface area contributed by atoms with Crippen molar-refractivity contribution in [3.05, 3.63) is 64.4 Å². The molecular weight excluding hydrogens is 377 g/mol. The number of amides is 1. The van der Waals surface area contributed by atoms with E-state index < -0.39 is 18.0 Å². The number of benzene rings is 1. The summed E-state index contributed by atoms with van der Waals surface area (Å²) in [7, 11) is 0. The highest BCUT2D eigenvalue weighted by Gasteiger charge is 2.21. The number of pyridine rings is 2. The molecule has 0 bridgehead atoms. The number of hydrogen-bond donors (Lipinski definition) is 1. The number of halogens is 2. The third kappa shape index (κ3) is 4.09.